The van der Waals surface area contributed by atoms with Gasteiger partial charge >= 0.3 is 0 Å². The van der Waals surface area contributed by atoms with Gasteiger partial charge in [-0.25, -0.2) is 0 Å². The predicted molar refractivity (Wildman–Crippen MR) is 63.9 cm³/mol. The normalized spacial score (nSPS) is 24.7. The SMILES string of the molecule is COc1c(C)cccc1CC1(O)CCNC1. The topological polar surface area (TPSA) is 41.5 Å². The average molecular weight is 221 g/mol. The summed E-state index contributed by atoms with van der Waals surface area (Å²) in [5.41, 5.74) is 1.60. The molecule has 1 fully saturated rings. The van der Waals surface area contributed by atoms with E-state index in [1.54, 1.807) is 7.11 Å². The zero-order valence-corrected chi connectivity index (χ0v) is 9.92. The molecule has 0 saturated carbocycles. The van der Waals surface area contributed by atoms with Gasteiger partial charge in [0.1, 0.15) is 5.75 Å². The fraction of sp³-hybridized carbons (Fsp3) is 0.538. The number of methoxy groups -OCH3 is 1. The molecule has 1 aliphatic rings. The van der Waals surface area contributed by atoms with Crippen molar-refractivity contribution >= 4 is 0 Å². The second kappa shape index (κ2) is 4.44. The van der Waals surface area contributed by atoms with E-state index in [1.165, 1.54) is 0 Å². The zero-order valence-electron chi connectivity index (χ0n) is 9.92. The summed E-state index contributed by atoms with van der Waals surface area (Å²) >= 11 is 0. The first kappa shape index (κ1) is 11.4. The smallest absolute Gasteiger partial charge is 0.125 e. The Morgan fingerprint density at radius 2 is 2.31 bits per heavy atom. The minimum absolute atomic E-state index is 0.610. The van der Waals surface area contributed by atoms with E-state index in [1.807, 2.05) is 25.1 Å². The molecular weight excluding hydrogens is 202 g/mol. The van der Waals surface area contributed by atoms with Gasteiger partial charge in [-0.1, -0.05) is 18.2 Å². The monoisotopic (exact) mass is 221 g/mol. The zero-order chi connectivity index (χ0) is 11.6. The first-order valence-electron chi connectivity index (χ1n) is 5.70. The number of para-hydroxylation sites is 1. The lowest BCUT2D eigenvalue weighted by Gasteiger charge is -2.23. The molecule has 0 aromatic heterocycles. The summed E-state index contributed by atoms with van der Waals surface area (Å²) in [4.78, 5) is 0. The van der Waals surface area contributed by atoms with Gasteiger partial charge in [0.05, 0.1) is 12.7 Å². The Balaban J connectivity index is 2.23. The summed E-state index contributed by atoms with van der Waals surface area (Å²) in [6.45, 7) is 3.59. The van der Waals surface area contributed by atoms with Gasteiger partial charge in [0.15, 0.2) is 0 Å². The molecule has 2 rings (SSSR count). The summed E-state index contributed by atoms with van der Waals surface area (Å²) in [5, 5.41) is 13.5. The largest absolute Gasteiger partial charge is 0.496 e. The molecular formula is C13H19NO2. The highest BCUT2D eigenvalue weighted by Crippen LogP contribution is 2.28. The summed E-state index contributed by atoms with van der Waals surface area (Å²) in [6, 6.07) is 6.07. The van der Waals surface area contributed by atoms with E-state index in [4.69, 9.17) is 4.74 Å². The second-order valence-corrected chi connectivity index (χ2v) is 4.60. The van der Waals surface area contributed by atoms with Crippen LogP contribution in [0.1, 0.15) is 17.5 Å². The highest BCUT2D eigenvalue weighted by atomic mass is 16.5. The van der Waals surface area contributed by atoms with Gasteiger partial charge in [-0.05, 0) is 31.0 Å². The third-order valence-corrected chi connectivity index (χ3v) is 3.24. The molecule has 2 N–H and O–H groups in total. The molecule has 0 radical (unpaired) electrons. The first-order valence-corrected chi connectivity index (χ1v) is 5.70. The second-order valence-electron chi connectivity index (χ2n) is 4.60. The maximum absolute atomic E-state index is 10.3. The van der Waals surface area contributed by atoms with Crippen LogP contribution in [0.2, 0.25) is 0 Å². The van der Waals surface area contributed by atoms with Crippen molar-refractivity contribution in [1.29, 1.82) is 0 Å². The molecule has 0 spiro atoms. The molecule has 3 nitrogen and oxygen atoms in total. The quantitative estimate of drug-likeness (QED) is 0.807. The number of β-amino-alcohol motifs (C(OH)–C–C–N with tert-alkyl or cyclic N) is 1. The molecule has 3 heteroatoms. The van der Waals surface area contributed by atoms with E-state index >= 15 is 0 Å². The lowest BCUT2D eigenvalue weighted by atomic mass is 9.92. The maximum Gasteiger partial charge on any atom is 0.125 e. The van der Waals surface area contributed by atoms with Crippen LogP contribution in [-0.4, -0.2) is 30.9 Å². The Labute approximate surface area is 96.4 Å². The molecule has 0 aliphatic carbocycles. The van der Waals surface area contributed by atoms with Crippen molar-refractivity contribution in [1.82, 2.24) is 5.32 Å². The van der Waals surface area contributed by atoms with Crippen molar-refractivity contribution in [3.8, 4) is 5.75 Å². The highest BCUT2D eigenvalue weighted by Gasteiger charge is 2.32. The van der Waals surface area contributed by atoms with E-state index in [0.29, 0.717) is 13.0 Å². The van der Waals surface area contributed by atoms with Crippen molar-refractivity contribution in [2.24, 2.45) is 0 Å². The Kier molecular flexibility index (Phi) is 3.17. The number of aliphatic hydroxyl groups is 1. The van der Waals surface area contributed by atoms with Crippen molar-refractivity contribution in [2.45, 2.75) is 25.4 Å². The lowest BCUT2D eigenvalue weighted by Crippen LogP contribution is -2.33. The molecule has 1 heterocycles. The van der Waals surface area contributed by atoms with Gasteiger partial charge in [-0.2, -0.15) is 0 Å². The van der Waals surface area contributed by atoms with E-state index < -0.39 is 5.60 Å². The third kappa shape index (κ3) is 2.20. The Morgan fingerprint density at radius 3 is 2.94 bits per heavy atom. The van der Waals surface area contributed by atoms with Crippen molar-refractivity contribution in [3.05, 3.63) is 29.3 Å². The van der Waals surface area contributed by atoms with Crippen molar-refractivity contribution in [3.63, 3.8) is 0 Å². The van der Waals surface area contributed by atoms with Crippen LogP contribution in [-0.2, 0) is 6.42 Å². The Bertz CT molecular complexity index is 370. The summed E-state index contributed by atoms with van der Waals surface area (Å²) in [6.07, 6.45) is 1.47. The summed E-state index contributed by atoms with van der Waals surface area (Å²) < 4.78 is 5.40. The number of rotatable bonds is 3. The predicted octanol–water partition coefficient (Wildman–Crippen LogP) is 1.27. The van der Waals surface area contributed by atoms with Gasteiger partial charge in [0, 0.05) is 13.0 Å². The van der Waals surface area contributed by atoms with Gasteiger partial charge < -0.3 is 15.2 Å². The van der Waals surface area contributed by atoms with Crippen LogP contribution in [0.5, 0.6) is 5.75 Å². The van der Waals surface area contributed by atoms with Crippen molar-refractivity contribution in [2.75, 3.05) is 20.2 Å². The van der Waals surface area contributed by atoms with Crippen LogP contribution in [0, 0.1) is 6.92 Å². The molecule has 1 aromatic carbocycles. The van der Waals surface area contributed by atoms with Crippen LogP contribution in [0.3, 0.4) is 0 Å². The Hall–Kier alpha value is -1.06. The minimum Gasteiger partial charge on any atom is -0.496 e. The number of hydrogen-bond donors (Lipinski definition) is 2. The fourth-order valence-corrected chi connectivity index (χ4v) is 2.38. The molecule has 1 saturated heterocycles. The molecule has 1 aromatic rings. The molecule has 88 valence electrons. The molecule has 16 heavy (non-hydrogen) atoms. The first-order chi connectivity index (χ1) is 7.64. The van der Waals surface area contributed by atoms with Crippen LogP contribution in [0.15, 0.2) is 18.2 Å². The molecule has 1 unspecified atom stereocenters. The van der Waals surface area contributed by atoms with Gasteiger partial charge in [0.25, 0.3) is 0 Å². The Morgan fingerprint density at radius 1 is 1.50 bits per heavy atom. The molecule has 1 aliphatic heterocycles. The van der Waals surface area contributed by atoms with E-state index in [-0.39, 0.29) is 0 Å². The lowest BCUT2D eigenvalue weighted by molar-refractivity contribution is 0.0612. The van der Waals surface area contributed by atoms with E-state index in [9.17, 15) is 5.11 Å². The van der Waals surface area contributed by atoms with Gasteiger partial charge in [0.2, 0.25) is 0 Å². The van der Waals surface area contributed by atoms with E-state index in [0.717, 1.165) is 29.8 Å². The highest BCUT2D eigenvalue weighted by molar-refractivity contribution is 5.41. The van der Waals surface area contributed by atoms with Crippen LogP contribution < -0.4 is 10.1 Å². The van der Waals surface area contributed by atoms with Crippen molar-refractivity contribution < 1.29 is 9.84 Å². The molecule has 1 atom stereocenters. The molecule has 0 amide bonds. The maximum atomic E-state index is 10.3. The summed E-state index contributed by atoms with van der Waals surface area (Å²) in [5.74, 6) is 0.905. The van der Waals surface area contributed by atoms with Gasteiger partial charge in [-0.15, -0.1) is 0 Å². The van der Waals surface area contributed by atoms with E-state index in [2.05, 4.69) is 5.32 Å². The third-order valence-electron chi connectivity index (χ3n) is 3.24. The number of ether oxygens (including phenoxy) is 1. The van der Waals surface area contributed by atoms with Gasteiger partial charge in [-0.3, -0.25) is 0 Å². The molecule has 0 bridgehead atoms. The fourth-order valence-electron chi connectivity index (χ4n) is 2.38. The standard InChI is InChI=1S/C13H19NO2/c1-10-4-3-5-11(12(10)16-2)8-13(15)6-7-14-9-13/h3-5,14-15H,6-9H2,1-2H3. The number of nitrogens with one attached hydrogen (secondary N) is 1. The van der Waals surface area contributed by atoms with Crippen LogP contribution in [0.25, 0.3) is 0 Å². The number of hydrogen-bond acceptors (Lipinski definition) is 3. The number of aryl methyl sites for hydroxylation is 1. The van der Waals surface area contributed by atoms with Crippen LogP contribution >= 0.6 is 0 Å². The number of benzene rings is 1. The van der Waals surface area contributed by atoms with Crippen LogP contribution in [0.4, 0.5) is 0 Å². The minimum atomic E-state index is -0.610. The summed E-state index contributed by atoms with van der Waals surface area (Å²) in [7, 11) is 1.68. The average Bonchev–Trinajstić information content (AvgIpc) is 2.65.